The zero-order valence-electron chi connectivity index (χ0n) is 9.04. The normalized spacial score (nSPS) is 10.3. The highest BCUT2D eigenvalue weighted by Crippen LogP contribution is 2.26. The van der Waals surface area contributed by atoms with Crippen molar-refractivity contribution in [2.75, 3.05) is 11.1 Å². The van der Waals surface area contributed by atoms with Gasteiger partial charge in [-0.05, 0) is 40.5 Å². The van der Waals surface area contributed by atoms with Gasteiger partial charge in [0.25, 0.3) is 0 Å². The second-order valence-electron chi connectivity index (χ2n) is 3.54. The van der Waals surface area contributed by atoms with Crippen molar-refractivity contribution < 1.29 is 0 Å². The van der Waals surface area contributed by atoms with Gasteiger partial charge in [0.1, 0.15) is 11.0 Å². The number of halogens is 2. The standard InChI is InChI=1S/C11H10BrClN4/c1-6-2-3-8(7(12)4-6)15-10-5-9(13)16-11(14)17-10/h2-5H,1H3,(H3,14,15,16,17). The van der Waals surface area contributed by atoms with Crippen LogP contribution in [0.4, 0.5) is 17.5 Å². The van der Waals surface area contributed by atoms with E-state index in [0.717, 1.165) is 10.2 Å². The van der Waals surface area contributed by atoms with E-state index >= 15 is 0 Å². The summed E-state index contributed by atoms with van der Waals surface area (Å²) in [5.74, 6) is 0.704. The van der Waals surface area contributed by atoms with E-state index in [1.165, 1.54) is 5.56 Å². The third kappa shape index (κ3) is 3.08. The fourth-order valence-corrected chi connectivity index (χ4v) is 2.14. The molecule has 0 spiro atoms. The molecule has 2 rings (SSSR count). The van der Waals surface area contributed by atoms with E-state index in [1.807, 2.05) is 25.1 Å². The molecule has 0 aliphatic carbocycles. The Morgan fingerprint density at radius 3 is 2.71 bits per heavy atom. The highest BCUT2D eigenvalue weighted by Gasteiger charge is 2.04. The van der Waals surface area contributed by atoms with E-state index in [1.54, 1.807) is 6.07 Å². The van der Waals surface area contributed by atoms with Gasteiger partial charge in [-0.2, -0.15) is 4.98 Å². The molecule has 0 aliphatic rings. The molecule has 0 atom stereocenters. The minimum atomic E-state index is 0.142. The summed E-state index contributed by atoms with van der Waals surface area (Å²) in [5, 5.41) is 3.43. The van der Waals surface area contributed by atoms with Gasteiger partial charge in [-0.3, -0.25) is 0 Å². The first-order valence-corrected chi connectivity index (χ1v) is 6.05. The van der Waals surface area contributed by atoms with Crippen LogP contribution in [0.5, 0.6) is 0 Å². The number of aromatic nitrogens is 2. The lowest BCUT2D eigenvalue weighted by atomic mass is 10.2. The molecule has 0 bridgehead atoms. The topological polar surface area (TPSA) is 63.8 Å². The van der Waals surface area contributed by atoms with E-state index < -0.39 is 0 Å². The molecule has 1 heterocycles. The van der Waals surface area contributed by atoms with Gasteiger partial charge >= 0.3 is 0 Å². The van der Waals surface area contributed by atoms with Crippen molar-refractivity contribution in [2.24, 2.45) is 0 Å². The van der Waals surface area contributed by atoms with Crippen LogP contribution in [0.15, 0.2) is 28.7 Å². The SMILES string of the molecule is Cc1ccc(Nc2cc(Cl)nc(N)n2)c(Br)c1. The van der Waals surface area contributed by atoms with E-state index in [-0.39, 0.29) is 5.95 Å². The number of nitrogens with zero attached hydrogens (tertiary/aromatic N) is 2. The number of hydrogen-bond donors (Lipinski definition) is 2. The number of nitrogens with one attached hydrogen (secondary N) is 1. The summed E-state index contributed by atoms with van der Waals surface area (Å²) in [6, 6.07) is 7.57. The van der Waals surface area contributed by atoms with Gasteiger partial charge in [0.15, 0.2) is 0 Å². The smallest absolute Gasteiger partial charge is 0.223 e. The third-order valence-corrected chi connectivity index (χ3v) is 2.95. The summed E-state index contributed by atoms with van der Waals surface area (Å²) in [4.78, 5) is 7.84. The second-order valence-corrected chi connectivity index (χ2v) is 4.78. The molecule has 1 aromatic heterocycles. The molecule has 17 heavy (non-hydrogen) atoms. The first kappa shape index (κ1) is 12.1. The molecule has 4 nitrogen and oxygen atoms in total. The van der Waals surface area contributed by atoms with Crippen LogP contribution in [0.1, 0.15) is 5.56 Å². The Bertz CT molecular complexity index is 539. The van der Waals surface area contributed by atoms with Crippen LogP contribution >= 0.6 is 27.5 Å². The second kappa shape index (κ2) is 4.89. The molecule has 0 amide bonds. The lowest BCUT2D eigenvalue weighted by Gasteiger charge is -2.09. The molecular weight excluding hydrogens is 304 g/mol. The molecule has 0 unspecified atom stereocenters. The Morgan fingerprint density at radius 2 is 2.06 bits per heavy atom. The number of benzene rings is 1. The number of rotatable bonds is 2. The van der Waals surface area contributed by atoms with Crippen LogP contribution in [0, 0.1) is 6.92 Å². The summed E-state index contributed by atoms with van der Waals surface area (Å²) < 4.78 is 0.950. The fourth-order valence-electron chi connectivity index (χ4n) is 1.36. The monoisotopic (exact) mass is 312 g/mol. The van der Waals surface area contributed by atoms with Crippen LogP contribution in [0.3, 0.4) is 0 Å². The van der Waals surface area contributed by atoms with Crippen LogP contribution in [-0.4, -0.2) is 9.97 Å². The van der Waals surface area contributed by atoms with Crippen LogP contribution < -0.4 is 11.1 Å². The van der Waals surface area contributed by atoms with Crippen LogP contribution in [0.2, 0.25) is 5.15 Å². The summed E-state index contributed by atoms with van der Waals surface area (Å²) in [7, 11) is 0. The number of aryl methyl sites for hydroxylation is 1. The van der Waals surface area contributed by atoms with Crippen molar-refractivity contribution in [2.45, 2.75) is 6.92 Å². The Kier molecular flexibility index (Phi) is 3.49. The van der Waals surface area contributed by atoms with Gasteiger partial charge in [0.2, 0.25) is 5.95 Å². The molecule has 6 heteroatoms. The van der Waals surface area contributed by atoms with Crippen molar-refractivity contribution in [3.63, 3.8) is 0 Å². The van der Waals surface area contributed by atoms with Crippen molar-refractivity contribution >= 4 is 45.0 Å². The molecule has 0 fully saturated rings. The summed E-state index contributed by atoms with van der Waals surface area (Å²) >= 11 is 9.27. The van der Waals surface area contributed by atoms with E-state index in [4.69, 9.17) is 17.3 Å². The zero-order chi connectivity index (χ0) is 12.4. The van der Waals surface area contributed by atoms with Gasteiger partial charge in [-0.15, -0.1) is 0 Å². The average molecular weight is 314 g/mol. The number of hydrogen-bond acceptors (Lipinski definition) is 4. The Morgan fingerprint density at radius 1 is 1.29 bits per heavy atom. The molecule has 0 saturated heterocycles. The quantitative estimate of drug-likeness (QED) is 0.833. The number of anilines is 3. The van der Waals surface area contributed by atoms with Gasteiger partial charge in [-0.25, -0.2) is 4.98 Å². The summed E-state index contributed by atoms with van der Waals surface area (Å²) in [5.41, 5.74) is 7.58. The molecule has 0 aliphatic heterocycles. The first-order valence-electron chi connectivity index (χ1n) is 4.88. The zero-order valence-corrected chi connectivity index (χ0v) is 11.4. The molecule has 0 radical (unpaired) electrons. The van der Waals surface area contributed by atoms with E-state index in [0.29, 0.717) is 11.0 Å². The third-order valence-electron chi connectivity index (χ3n) is 2.10. The average Bonchev–Trinajstić information content (AvgIpc) is 2.21. The minimum Gasteiger partial charge on any atom is -0.368 e. The lowest BCUT2D eigenvalue weighted by molar-refractivity contribution is 1.18. The van der Waals surface area contributed by atoms with E-state index in [2.05, 4.69) is 31.2 Å². The largest absolute Gasteiger partial charge is 0.368 e. The predicted molar refractivity (Wildman–Crippen MR) is 73.6 cm³/mol. The number of nitrogen functional groups attached to an aromatic ring is 1. The lowest BCUT2D eigenvalue weighted by Crippen LogP contribution is -2.00. The summed E-state index contributed by atoms with van der Waals surface area (Å²) in [6.07, 6.45) is 0. The van der Waals surface area contributed by atoms with Gasteiger partial charge in [0, 0.05) is 10.5 Å². The molecular formula is C11H10BrClN4. The van der Waals surface area contributed by atoms with Crippen molar-refractivity contribution in [1.82, 2.24) is 9.97 Å². The maximum atomic E-state index is 5.80. The van der Waals surface area contributed by atoms with Crippen LogP contribution in [-0.2, 0) is 0 Å². The van der Waals surface area contributed by atoms with Crippen molar-refractivity contribution in [3.05, 3.63) is 39.5 Å². The molecule has 2 aromatic rings. The predicted octanol–water partition coefficient (Wildman–Crippen LogP) is 3.53. The van der Waals surface area contributed by atoms with Crippen molar-refractivity contribution in [1.29, 1.82) is 0 Å². The summed E-state index contributed by atoms with van der Waals surface area (Å²) in [6.45, 7) is 2.02. The minimum absolute atomic E-state index is 0.142. The van der Waals surface area contributed by atoms with E-state index in [9.17, 15) is 0 Å². The van der Waals surface area contributed by atoms with Gasteiger partial charge < -0.3 is 11.1 Å². The highest BCUT2D eigenvalue weighted by molar-refractivity contribution is 9.10. The Hall–Kier alpha value is -1.33. The Labute approximate surface area is 112 Å². The maximum absolute atomic E-state index is 5.80. The molecule has 0 saturated carbocycles. The van der Waals surface area contributed by atoms with Gasteiger partial charge in [0.05, 0.1) is 5.69 Å². The van der Waals surface area contributed by atoms with Crippen LogP contribution in [0.25, 0.3) is 0 Å². The highest BCUT2D eigenvalue weighted by atomic mass is 79.9. The fraction of sp³-hybridized carbons (Fsp3) is 0.0909. The Balaban J connectivity index is 2.31. The first-order chi connectivity index (χ1) is 8.04. The molecule has 88 valence electrons. The molecule has 3 N–H and O–H groups in total. The number of nitrogens with two attached hydrogens (primary N) is 1. The maximum Gasteiger partial charge on any atom is 0.223 e. The van der Waals surface area contributed by atoms with Gasteiger partial charge in [-0.1, -0.05) is 17.7 Å². The van der Waals surface area contributed by atoms with Crippen molar-refractivity contribution in [3.8, 4) is 0 Å². The molecule has 1 aromatic carbocycles.